The van der Waals surface area contributed by atoms with E-state index in [1.165, 1.54) is 0 Å². The summed E-state index contributed by atoms with van der Waals surface area (Å²) in [6, 6.07) is 0. The maximum atomic E-state index is 11.2. The van der Waals surface area contributed by atoms with Gasteiger partial charge in [0, 0.05) is 0 Å². The van der Waals surface area contributed by atoms with Gasteiger partial charge in [-0.15, -0.1) is 0 Å². The Morgan fingerprint density at radius 2 is 1.67 bits per heavy atom. The molecule has 8 unspecified atom stereocenters. The maximum absolute atomic E-state index is 11.2. The predicted molar refractivity (Wildman–Crippen MR) is 91.2 cm³/mol. The molecule has 0 radical (unpaired) electrons. The average Bonchev–Trinajstić information content (AvgIpc) is 2.63. The van der Waals surface area contributed by atoms with Gasteiger partial charge in [0.2, 0.25) is 0 Å². The molecule has 4 aliphatic rings. The van der Waals surface area contributed by atoms with Gasteiger partial charge in [0.05, 0.1) is 24.4 Å². The third-order valence-electron chi connectivity index (χ3n) is 8.67. The van der Waals surface area contributed by atoms with E-state index in [2.05, 4.69) is 20.8 Å². The smallest absolute Gasteiger partial charge is 0.0910 e. The molecule has 1 spiro atoms. The van der Waals surface area contributed by atoms with Gasteiger partial charge in [-0.25, -0.2) is 0 Å². The monoisotopic (exact) mass is 338 g/mol. The lowest BCUT2D eigenvalue weighted by Gasteiger charge is -2.66. The molecule has 0 aromatic heterocycles. The summed E-state index contributed by atoms with van der Waals surface area (Å²) < 4.78 is 0. The van der Waals surface area contributed by atoms with E-state index in [-0.39, 0.29) is 46.9 Å². The van der Waals surface area contributed by atoms with Gasteiger partial charge in [-0.05, 0) is 78.9 Å². The Morgan fingerprint density at radius 3 is 2.33 bits per heavy atom. The van der Waals surface area contributed by atoms with Crippen LogP contribution in [0.25, 0.3) is 0 Å². The standard InChI is InChI=1S/C20H34O4/c1-17(2)7-13(22)8-18(3)15-5-4-12-6-19(15,9-14(23)16(17)18)10-20(12,24)11-21/h12-16,21-24H,4-11H2,1-3H3. The molecule has 0 saturated heterocycles. The van der Waals surface area contributed by atoms with Crippen LogP contribution >= 0.6 is 0 Å². The zero-order valence-corrected chi connectivity index (χ0v) is 15.3. The van der Waals surface area contributed by atoms with Crippen LogP contribution in [0.3, 0.4) is 0 Å². The molecule has 4 nitrogen and oxygen atoms in total. The Kier molecular flexibility index (Phi) is 3.57. The van der Waals surface area contributed by atoms with Crippen LogP contribution in [0.2, 0.25) is 0 Å². The van der Waals surface area contributed by atoms with Crippen molar-refractivity contribution < 1.29 is 20.4 Å². The van der Waals surface area contributed by atoms with Crippen molar-refractivity contribution in [3.8, 4) is 0 Å². The lowest BCUT2D eigenvalue weighted by atomic mass is 9.40. The summed E-state index contributed by atoms with van der Waals surface area (Å²) in [6.07, 6.45) is 5.12. The molecule has 4 rings (SSSR count). The van der Waals surface area contributed by atoms with E-state index in [1.54, 1.807) is 0 Å². The minimum Gasteiger partial charge on any atom is -0.393 e. The highest BCUT2D eigenvalue weighted by atomic mass is 16.3. The molecular weight excluding hydrogens is 304 g/mol. The molecule has 138 valence electrons. The Balaban J connectivity index is 1.77. The molecule has 4 N–H and O–H groups in total. The number of rotatable bonds is 1. The molecular formula is C20H34O4. The highest BCUT2D eigenvalue weighted by Gasteiger charge is 2.69. The molecule has 0 aliphatic heterocycles. The van der Waals surface area contributed by atoms with Crippen molar-refractivity contribution in [3.05, 3.63) is 0 Å². The fourth-order valence-electron chi connectivity index (χ4n) is 8.52. The summed E-state index contributed by atoms with van der Waals surface area (Å²) in [5, 5.41) is 42.5. The minimum atomic E-state index is -0.972. The first-order valence-corrected chi connectivity index (χ1v) is 9.76. The summed E-state index contributed by atoms with van der Waals surface area (Å²) >= 11 is 0. The Labute approximate surface area is 145 Å². The molecule has 0 heterocycles. The molecule has 24 heavy (non-hydrogen) atoms. The second-order valence-electron chi connectivity index (χ2n) is 10.6. The molecule has 4 heteroatoms. The molecule has 4 saturated carbocycles. The highest BCUT2D eigenvalue weighted by molar-refractivity contribution is 5.19. The summed E-state index contributed by atoms with van der Waals surface area (Å²) in [7, 11) is 0. The Morgan fingerprint density at radius 1 is 0.958 bits per heavy atom. The van der Waals surface area contributed by atoms with Gasteiger partial charge in [0.25, 0.3) is 0 Å². The van der Waals surface area contributed by atoms with E-state index in [4.69, 9.17) is 0 Å². The zero-order valence-electron chi connectivity index (χ0n) is 15.3. The predicted octanol–water partition coefficient (Wildman–Crippen LogP) is 2.08. The van der Waals surface area contributed by atoms with Crippen LogP contribution in [0.15, 0.2) is 0 Å². The highest BCUT2D eigenvalue weighted by Crippen LogP contribution is 2.72. The topological polar surface area (TPSA) is 80.9 Å². The molecule has 0 amide bonds. The van der Waals surface area contributed by atoms with Crippen LogP contribution in [-0.4, -0.2) is 44.8 Å². The largest absolute Gasteiger partial charge is 0.393 e. The van der Waals surface area contributed by atoms with Crippen LogP contribution in [0.1, 0.15) is 65.7 Å². The minimum absolute atomic E-state index is 0.0712. The molecule has 0 aromatic carbocycles. The van der Waals surface area contributed by atoms with Crippen molar-refractivity contribution in [3.63, 3.8) is 0 Å². The van der Waals surface area contributed by atoms with Crippen molar-refractivity contribution in [1.82, 2.24) is 0 Å². The second-order valence-corrected chi connectivity index (χ2v) is 10.6. The van der Waals surface area contributed by atoms with Gasteiger partial charge in [-0.1, -0.05) is 20.8 Å². The van der Waals surface area contributed by atoms with E-state index in [0.717, 1.165) is 38.5 Å². The van der Waals surface area contributed by atoms with E-state index in [1.807, 2.05) is 0 Å². The van der Waals surface area contributed by atoms with Crippen LogP contribution in [-0.2, 0) is 0 Å². The molecule has 4 fully saturated rings. The van der Waals surface area contributed by atoms with Crippen LogP contribution in [0.5, 0.6) is 0 Å². The number of aliphatic hydroxyl groups excluding tert-OH is 3. The van der Waals surface area contributed by atoms with Crippen LogP contribution < -0.4 is 0 Å². The first-order chi connectivity index (χ1) is 11.1. The lowest BCUT2D eigenvalue weighted by Crippen LogP contribution is -2.63. The number of hydrogen-bond acceptors (Lipinski definition) is 4. The number of hydrogen-bond donors (Lipinski definition) is 4. The van der Waals surface area contributed by atoms with Gasteiger partial charge in [-0.3, -0.25) is 0 Å². The van der Waals surface area contributed by atoms with Crippen molar-refractivity contribution >= 4 is 0 Å². The van der Waals surface area contributed by atoms with E-state index in [9.17, 15) is 20.4 Å². The normalized spacial score (nSPS) is 58.9. The number of aliphatic hydroxyl groups is 4. The fraction of sp³-hybridized carbons (Fsp3) is 1.00. The van der Waals surface area contributed by atoms with E-state index in [0.29, 0.717) is 12.3 Å². The van der Waals surface area contributed by atoms with Crippen molar-refractivity contribution in [1.29, 1.82) is 0 Å². The first kappa shape index (κ1) is 17.3. The van der Waals surface area contributed by atoms with E-state index >= 15 is 0 Å². The molecule has 8 atom stereocenters. The van der Waals surface area contributed by atoms with E-state index < -0.39 is 5.60 Å². The summed E-state index contributed by atoms with van der Waals surface area (Å²) in [5.41, 5.74) is -1.21. The molecule has 0 aromatic rings. The molecule has 4 aliphatic carbocycles. The maximum Gasteiger partial charge on any atom is 0.0910 e. The van der Waals surface area contributed by atoms with Crippen molar-refractivity contribution in [2.45, 2.75) is 83.5 Å². The quantitative estimate of drug-likeness (QED) is 0.590. The third kappa shape index (κ3) is 2.06. The Hall–Kier alpha value is -0.160. The zero-order chi connectivity index (χ0) is 17.5. The van der Waals surface area contributed by atoms with Crippen molar-refractivity contribution in [2.24, 2.45) is 34.0 Å². The SMILES string of the molecule is CC1(C)CC(O)CC2(C)C1C(O)CC13CC(CCC12)C(O)(CO)C3. The average molecular weight is 338 g/mol. The van der Waals surface area contributed by atoms with Gasteiger partial charge < -0.3 is 20.4 Å². The van der Waals surface area contributed by atoms with Crippen molar-refractivity contribution in [2.75, 3.05) is 6.61 Å². The van der Waals surface area contributed by atoms with Gasteiger partial charge in [0.15, 0.2) is 0 Å². The summed E-state index contributed by atoms with van der Waals surface area (Å²) in [4.78, 5) is 0. The number of fused-ring (bicyclic) bond motifs is 3. The van der Waals surface area contributed by atoms with Crippen LogP contribution in [0.4, 0.5) is 0 Å². The Bertz CT molecular complexity index is 534. The first-order valence-electron chi connectivity index (χ1n) is 9.76. The molecule has 2 bridgehead atoms. The van der Waals surface area contributed by atoms with Gasteiger partial charge >= 0.3 is 0 Å². The van der Waals surface area contributed by atoms with Gasteiger partial charge in [-0.2, -0.15) is 0 Å². The fourth-order valence-corrected chi connectivity index (χ4v) is 8.52. The second kappa shape index (κ2) is 4.97. The lowest BCUT2D eigenvalue weighted by molar-refractivity contribution is -0.216. The summed E-state index contributed by atoms with van der Waals surface area (Å²) in [6.45, 7) is 6.51. The van der Waals surface area contributed by atoms with Gasteiger partial charge in [0.1, 0.15) is 0 Å². The summed E-state index contributed by atoms with van der Waals surface area (Å²) in [5.74, 6) is 0.778. The third-order valence-corrected chi connectivity index (χ3v) is 8.67. The van der Waals surface area contributed by atoms with Crippen LogP contribution in [0, 0.1) is 34.0 Å².